The molecule has 0 atom stereocenters. The fourth-order valence-electron chi connectivity index (χ4n) is 2.97. The van der Waals surface area contributed by atoms with Crippen LogP contribution >= 0.6 is 0 Å². The number of nitrogens with zero attached hydrogens (tertiary/aromatic N) is 4. The van der Waals surface area contributed by atoms with E-state index in [0.29, 0.717) is 11.4 Å². The van der Waals surface area contributed by atoms with E-state index in [1.807, 2.05) is 0 Å². The van der Waals surface area contributed by atoms with Gasteiger partial charge in [-0.05, 0) is 12.1 Å². The van der Waals surface area contributed by atoms with Gasteiger partial charge in [0.05, 0.1) is 29.3 Å². The summed E-state index contributed by atoms with van der Waals surface area (Å²) in [5, 5.41) is 33.0. The van der Waals surface area contributed by atoms with Gasteiger partial charge in [0.1, 0.15) is 0 Å². The summed E-state index contributed by atoms with van der Waals surface area (Å²) in [4.78, 5) is 42.3. The van der Waals surface area contributed by atoms with Crippen LogP contribution in [0.3, 0.4) is 0 Å². The molecule has 1 aromatic heterocycles. The van der Waals surface area contributed by atoms with Crippen molar-refractivity contribution >= 4 is 17.9 Å². The molecule has 0 amide bonds. The zero-order valence-electron chi connectivity index (χ0n) is 15.1. The van der Waals surface area contributed by atoms with Crippen LogP contribution in [-0.4, -0.2) is 83.4 Å². The van der Waals surface area contributed by atoms with E-state index < -0.39 is 17.9 Å². The van der Waals surface area contributed by atoms with Crippen molar-refractivity contribution in [2.24, 2.45) is 0 Å². The van der Waals surface area contributed by atoms with Crippen molar-refractivity contribution in [3.05, 3.63) is 29.6 Å². The maximum atomic E-state index is 11.0. The van der Waals surface area contributed by atoms with E-state index >= 15 is 0 Å². The Morgan fingerprint density at radius 2 is 1.11 bits per heavy atom. The molecule has 1 aliphatic heterocycles. The molecule has 158 valence electrons. The van der Waals surface area contributed by atoms with E-state index in [0.717, 1.165) is 0 Å². The molecular weight excluding hydrogens is 525 g/mol. The minimum atomic E-state index is -1.26. The van der Waals surface area contributed by atoms with Gasteiger partial charge in [0.2, 0.25) is 0 Å². The minimum Gasteiger partial charge on any atom is -0.549 e. The van der Waals surface area contributed by atoms with Gasteiger partial charge in [0.15, 0.2) is 0 Å². The van der Waals surface area contributed by atoms with Crippen LogP contribution in [0.1, 0.15) is 11.4 Å². The standard InChI is InChI=1S/C17H24N4O6.Tm/c22-15(23)10-19-4-6-20(11-16(24)25)8-13-2-1-3-14(18-13)9-21(7-5-19)12-17(26)27;/h1-3H,4-12H2,(H,22,23)(H,24,25)(H,26,27);/q;+3/p-3. The number of hydrogen-bond acceptors (Lipinski definition) is 10. The van der Waals surface area contributed by atoms with Gasteiger partial charge in [0, 0.05) is 58.9 Å². The topological polar surface area (TPSA) is 143 Å². The van der Waals surface area contributed by atoms with Crippen molar-refractivity contribution in [2.45, 2.75) is 13.1 Å². The molecule has 0 aromatic carbocycles. The molecule has 0 saturated carbocycles. The molecule has 0 spiro atoms. The Balaban J connectivity index is 0.00000392. The maximum Gasteiger partial charge on any atom is 3.00 e. The van der Waals surface area contributed by atoms with Crippen molar-refractivity contribution in [1.29, 1.82) is 0 Å². The second-order valence-corrected chi connectivity index (χ2v) is 6.43. The molecule has 1 aromatic rings. The number of carbonyl (C=O) groups is 3. The van der Waals surface area contributed by atoms with Gasteiger partial charge in [-0.1, -0.05) is 6.07 Å². The minimum absolute atomic E-state index is 0. The number of pyridine rings is 1. The third-order valence-corrected chi connectivity index (χ3v) is 4.16. The number of carboxylic acids is 3. The van der Waals surface area contributed by atoms with E-state index in [1.54, 1.807) is 32.9 Å². The Morgan fingerprint density at radius 1 is 0.750 bits per heavy atom. The van der Waals surface area contributed by atoms with Crippen LogP contribution in [0.2, 0.25) is 0 Å². The Hall–Kier alpha value is -1.33. The predicted octanol–water partition coefficient (Wildman–Crippen LogP) is -4.75. The fraction of sp³-hybridized carbons (Fsp3) is 0.529. The number of aliphatic carboxylic acids is 3. The van der Waals surface area contributed by atoms with Crippen LogP contribution < -0.4 is 15.3 Å². The molecule has 2 rings (SSSR count). The molecule has 10 nitrogen and oxygen atoms in total. The molecular formula is C17H21N4O6Tm. The second-order valence-electron chi connectivity index (χ2n) is 6.43. The Bertz CT molecular complexity index is 644. The molecule has 2 heterocycles. The summed E-state index contributed by atoms with van der Waals surface area (Å²) in [5.74, 6) is -3.72. The second kappa shape index (κ2) is 12.3. The zero-order valence-corrected chi connectivity index (χ0v) is 16.9. The first-order chi connectivity index (χ1) is 12.8. The summed E-state index contributed by atoms with van der Waals surface area (Å²) in [6, 6.07) is 5.28. The Labute approximate surface area is 191 Å². The van der Waals surface area contributed by atoms with Gasteiger partial charge in [-0.2, -0.15) is 0 Å². The number of aromatic nitrogens is 1. The molecule has 0 aliphatic carbocycles. The predicted molar refractivity (Wildman–Crippen MR) is 86.3 cm³/mol. The average Bonchev–Trinajstić information content (AvgIpc) is 2.55. The first-order valence-electron chi connectivity index (χ1n) is 8.53. The van der Waals surface area contributed by atoms with Gasteiger partial charge in [-0.15, -0.1) is 0 Å². The van der Waals surface area contributed by atoms with Gasteiger partial charge in [-0.3, -0.25) is 19.7 Å². The fourth-order valence-corrected chi connectivity index (χ4v) is 2.97. The SMILES string of the molecule is O=C([O-])CN1CCN(CC(=O)[O-])Cc2cccc(n2)CN(CC(=O)[O-])CC1.[Tm+3]. The van der Waals surface area contributed by atoms with Gasteiger partial charge >= 0.3 is 36.9 Å². The van der Waals surface area contributed by atoms with E-state index in [1.165, 1.54) is 0 Å². The van der Waals surface area contributed by atoms with Crippen molar-refractivity contribution in [3.63, 3.8) is 0 Å². The maximum absolute atomic E-state index is 11.0. The molecule has 1 aliphatic rings. The van der Waals surface area contributed by atoms with E-state index in [2.05, 4.69) is 4.98 Å². The van der Waals surface area contributed by atoms with Crippen LogP contribution in [-0.2, 0) is 27.5 Å². The summed E-state index contributed by atoms with van der Waals surface area (Å²) >= 11 is 0. The van der Waals surface area contributed by atoms with E-state index in [9.17, 15) is 29.7 Å². The first kappa shape index (κ1) is 24.7. The van der Waals surface area contributed by atoms with Crippen LogP contribution in [0.15, 0.2) is 18.2 Å². The molecule has 0 radical (unpaired) electrons. The van der Waals surface area contributed by atoms with E-state index in [4.69, 9.17) is 0 Å². The molecule has 0 N–H and O–H groups in total. The largest absolute Gasteiger partial charge is 3.00 e. The van der Waals surface area contributed by atoms with Gasteiger partial charge < -0.3 is 29.7 Å². The summed E-state index contributed by atoms with van der Waals surface area (Å²) < 4.78 is 0. The number of carboxylic acid groups (broad SMARTS) is 3. The number of rotatable bonds is 6. The number of carbonyl (C=O) groups excluding carboxylic acids is 3. The smallest absolute Gasteiger partial charge is 0.549 e. The van der Waals surface area contributed by atoms with Crippen LogP contribution in [0.4, 0.5) is 0 Å². The first-order valence-corrected chi connectivity index (χ1v) is 8.53. The molecule has 0 saturated heterocycles. The van der Waals surface area contributed by atoms with Gasteiger partial charge in [-0.25, -0.2) is 0 Å². The summed E-state index contributed by atoms with van der Waals surface area (Å²) in [6.45, 7) is 0.691. The third-order valence-electron chi connectivity index (χ3n) is 4.16. The van der Waals surface area contributed by atoms with Crippen molar-refractivity contribution in [3.8, 4) is 0 Å². The molecule has 0 unspecified atom stereocenters. The number of hydrogen-bond donors (Lipinski definition) is 0. The summed E-state index contributed by atoms with van der Waals surface area (Å²) in [7, 11) is 0. The zero-order chi connectivity index (χ0) is 19.8. The third kappa shape index (κ3) is 9.25. The number of fused-ring (bicyclic) bond motifs is 2. The summed E-state index contributed by atoms with van der Waals surface area (Å²) in [6.07, 6.45) is 0. The molecule has 28 heavy (non-hydrogen) atoms. The van der Waals surface area contributed by atoms with Crippen molar-refractivity contribution in [2.75, 3.05) is 45.8 Å². The Kier molecular flexibility index (Phi) is 10.8. The monoisotopic (exact) mass is 546 g/mol. The van der Waals surface area contributed by atoms with Crippen LogP contribution in [0.25, 0.3) is 0 Å². The van der Waals surface area contributed by atoms with Crippen LogP contribution in [0, 0.1) is 36.9 Å². The normalized spacial score (nSPS) is 17.0. The van der Waals surface area contributed by atoms with Crippen molar-refractivity contribution < 1.29 is 66.6 Å². The van der Waals surface area contributed by atoms with Crippen molar-refractivity contribution in [1.82, 2.24) is 19.7 Å². The summed E-state index contributed by atoms with van der Waals surface area (Å²) in [5.41, 5.74) is 1.27. The van der Waals surface area contributed by atoms with Gasteiger partial charge in [0.25, 0.3) is 0 Å². The van der Waals surface area contributed by atoms with Crippen LogP contribution in [0.5, 0.6) is 0 Å². The quantitative estimate of drug-likeness (QED) is 0.342. The Morgan fingerprint density at radius 3 is 1.50 bits per heavy atom. The average molecular weight is 546 g/mol. The molecule has 11 heteroatoms. The molecule has 2 bridgehead atoms. The molecule has 0 fully saturated rings. The van der Waals surface area contributed by atoms with E-state index in [-0.39, 0.29) is 95.8 Å².